The van der Waals surface area contributed by atoms with E-state index in [9.17, 15) is 0 Å². The van der Waals surface area contributed by atoms with Gasteiger partial charge in [0.1, 0.15) is 5.75 Å². The Balaban J connectivity index is 1.16. The van der Waals surface area contributed by atoms with E-state index in [0.29, 0.717) is 6.61 Å². The molecular formula is C78H96N2O3. The highest BCUT2D eigenvalue weighted by Crippen LogP contribution is 2.44. The summed E-state index contributed by atoms with van der Waals surface area (Å²) < 4.78 is 17.8. The van der Waals surface area contributed by atoms with E-state index >= 15 is 0 Å². The third kappa shape index (κ3) is 17.5. The van der Waals surface area contributed by atoms with Crippen LogP contribution in [0.2, 0.25) is 0 Å². The number of allylic oxidation sites excluding steroid dienone is 13. The molecule has 3 heterocycles. The van der Waals surface area contributed by atoms with Crippen molar-refractivity contribution >= 4 is 28.0 Å². The summed E-state index contributed by atoms with van der Waals surface area (Å²) in [5.41, 5.74) is 22.9. The van der Waals surface area contributed by atoms with Crippen molar-refractivity contribution in [2.24, 2.45) is 4.99 Å². The van der Waals surface area contributed by atoms with Crippen molar-refractivity contribution in [2.45, 2.75) is 181 Å². The van der Waals surface area contributed by atoms with Crippen LogP contribution in [0.1, 0.15) is 212 Å². The molecular weight excluding hydrogens is 1010 g/mol. The molecule has 83 heavy (non-hydrogen) atoms. The number of benzene rings is 4. The summed E-state index contributed by atoms with van der Waals surface area (Å²) in [4.78, 5) is 9.88. The van der Waals surface area contributed by atoms with Gasteiger partial charge in [-0.2, -0.15) is 0 Å². The van der Waals surface area contributed by atoms with Crippen molar-refractivity contribution in [3.05, 3.63) is 230 Å². The van der Waals surface area contributed by atoms with Gasteiger partial charge in [-0.15, -0.1) is 0 Å². The Labute approximate surface area is 500 Å². The molecule has 5 aromatic rings. The number of nitrogens with zero attached hydrogens (tertiary/aromatic N) is 1. The largest absolute Gasteiger partial charge is 0.494 e. The van der Waals surface area contributed by atoms with Gasteiger partial charge in [0, 0.05) is 55.0 Å². The zero-order valence-electron chi connectivity index (χ0n) is 51.1. The maximum atomic E-state index is 6.51. The quantitative estimate of drug-likeness (QED) is 0.0411. The standard InChI is InChI=1S/C78H96N2O3/c1-5-8-11-13-15-17-21-31-60-34-27-37-63(54-60)77-69-44-42-67(57-69)75(65-39-29-40-70(58-65)83-52-25-19-23-49-81-4)66-41-43-68(56-66)76(62-36-26-33-59(53-62)30-20-16-14-12-9-6-2)71-45-47-73(79-71)78(74-48-46-72(77)80-74)64-38-28-35-61(55-64)32-22-18-24-51-82-50-10-7-3/h26-29,33-48,53-56,58,79H,5-25,30-32,49-52,57H2,1-4H3. The van der Waals surface area contributed by atoms with E-state index in [0.717, 1.165) is 130 Å². The summed E-state index contributed by atoms with van der Waals surface area (Å²) in [6.45, 7) is 10.0. The number of aromatic amines is 1. The van der Waals surface area contributed by atoms with Crippen LogP contribution in [0.4, 0.5) is 0 Å². The molecule has 0 saturated heterocycles. The lowest BCUT2D eigenvalue weighted by molar-refractivity contribution is 0.127. The minimum absolute atomic E-state index is 0.677. The first-order chi connectivity index (χ1) is 41.0. The Hall–Kier alpha value is -6.53. The lowest BCUT2D eigenvalue weighted by atomic mass is 9.89. The summed E-state index contributed by atoms with van der Waals surface area (Å²) in [5, 5.41) is 0. The fraction of sp³-hybridized carbons (Fsp3) is 0.423. The topological polar surface area (TPSA) is 55.8 Å². The first-order valence-corrected chi connectivity index (χ1v) is 32.6. The number of rotatable bonds is 35. The molecule has 2 aliphatic carbocycles. The average molecular weight is 1110 g/mol. The molecule has 9 rings (SSSR count). The zero-order valence-corrected chi connectivity index (χ0v) is 51.1. The van der Waals surface area contributed by atoms with Crippen molar-refractivity contribution in [3.63, 3.8) is 0 Å². The Kier molecular flexibility index (Phi) is 24.3. The minimum atomic E-state index is 0.677. The molecule has 0 amide bonds. The van der Waals surface area contributed by atoms with Gasteiger partial charge in [-0.3, -0.25) is 0 Å². The highest BCUT2D eigenvalue weighted by atomic mass is 16.5. The highest BCUT2D eigenvalue weighted by molar-refractivity contribution is 6.32. The number of H-pyrrole nitrogens is 1. The predicted octanol–water partition coefficient (Wildman–Crippen LogP) is 20.9. The second-order valence-electron chi connectivity index (χ2n) is 23.6. The molecule has 0 fully saturated rings. The van der Waals surface area contributed by atoms with Gasteiger partial charge in [0.15, 0.2) is 0 Å². The predicted molar refractivity (Wildman–Crippen MR) is 353 cm³/mol. The van der Waals surface area contributed by atoms with E-state index in [1.165, 1.54) is 162 Å². The van der Waals surface area contributed by atoms with Gasteiger partial charge >= 0.3 is 0 Å². The molecule has 5 nitrogen and oxygen atoms in total. The smallest absolute Gasteiger partial charge is 0.119 e. The molecule has 4 aliphatic rings. The number of methoxy groups -OCH3 is 1. The van der Waals surface area contributed by atoms with Crippen LogP contribution < -0.4 is 4.74 Å². The maximum absolute atomic E-state index is 6.51. The second kappa shape index (κ2) is 33.1. The molecule has 1 aromatic heterocycles. The van der Waals surface area contributed by atoms with Crippen molar-refractivity contribution in [1.82, 2.24) is 4.98 Å². The molecule has 2 aliphatic heterocycles. The van der Waals surface area contributed by atoms with Gasteiger partial charge in [-0.05, 0) is 186 Å². The van der Waals surface area contributed by atoms with Gasteiger partial charge in [0.25, 0.3) is 0 Å². The number of hydrogen-bond acceptors (Lipinski definition) is 4. The van der Waals surface area contributed by atoms with Crippen molar-refractivity contribution in [3.8, 4) is 5.75 Å². The first kappa shape index (κ1) is 61.0. The SMILES string of the molecule is CCCCCCCCCc1cccc(C2=C3C=CC(=C(c4cccc(OCCCCCOC)c4)C4=CC(=C(c5cccc(CCCCCCCC)c5)c5ccc([nH]5)C(c5cccc(CCCCCOCCCC)c5)=C5C=CC2=N5)C=C4)C3)c1. The number of unbranched alkanes of at least 4 members (excludes halogenated alkanes) is 16. The lowest BCUT2D eigenvalue weighted by Gasteiger charge is -2.16. The normalized spacial score (nSPS) is 14.7. The number of aromatic nitrogens is 1. The van der Waals surface area contributed by atoms with E-state index in [4.69, 9.17) is 19.2 Å². The average Bonchev–Trinajstić information content (AvgIpc) is 3.88. The first-order valence-electron chi connectivity index (χ1n) is 32.6. The van der Waals surface area contributed by atoms with Crippen molar-refractivity contribution in [2.75, 3.05) is 33.5 Å². The van der Waals surface area contributed by atoms with Crippen LogP contribution >= 0.6 is 0 Å². The molecule has 436 valence electrons. The second-order valence-corrected chi connectivity index (χ2v) is 23.6. The minimum Gasteiger partial charge on any atom is -0.494 e. The van der Waals surface area contributed by atoms with Gasteiger partial charge in [0.05, 0.1) is 18.0 Å². The lowest BCUT2D eigenvalue weighted by Crippen LogP contribution is -2.02. The van der Waals surface area contributed by atoms with E-state index in [-0.39, 0.29) is 0 Å². The number of ether oxygens (including phenoxy) is 3. The summed E-state index contributed by atoms with van der Waals surface area (Å²) in [7, 11) is 1.78. The van der Waals surface area contributed by atoms with Crippen LogP contribution in [0, 0.1) is 0 Å². The fourth-order valence-corrected chi connectivity index (χ4v) is 12.5. The summed E-state index contributed by atoms with van der Waals surface area (Å²) in [5.74, 6) is 0.903. The van der Waals surface area contributed by atoms with E-state index in [1.807, 2.05) is 0 Å². The number of aryl methyl sites for hydroxylation is 3. The van der Waals surface area contributed by atoms with E-state index < -0.39 is 0 Å². The fourth-order valence-electron chi connectivity index (χ4n) is 12.5. The van der Waals surface area contributed by atoms with Crippen molar-refractivity contribution in [1.29, 1.82) is 0 Å². The number of aliphatic imine (C=N–C) groups is 1. The number of nitrogens with one attached hydrogen (secondary N) is 1. The summed E-state index contributed by atoms with van der Waals surface area (Å²) in [6, 6.07) is 41.5. The molecule has 8 bridgehead atoms. The van der Waals surface area contributed by atoms with Gasteiger partial charge in [-0.1, -0.05) is 213 Å². The third-order valence-electron chi connectivity index (χ3n) is 17.0. The number of hydrogen-bond donors (Lipinski definition) is 1. The van der Waals surface area contributed by atoms with Gasteiger partial charge < -0.3 is 19.2 Å². The monoisotopic (exact) mass is 1110 g/mol. The molecule has 4 aromatic carbocycles. The molecule has 1 N–H and O–H groups in total. The van der Waals surface area contributed by atoms with Crippen LogP contribution in [0.25, 0.3) is 22.3 Å². The molecule has 5 heteroatoms. The maximum Gasteiger partial charge on any atom is 0.119 e. The Morgan fingerprint density at radius 3 is 1.57 bits per heavy atom. The summed E-state index contributed by atoms with van der Waals surface area (Å²) in [6.07, 6.45) is 46.1. The molecule has 0 spiro atoms. The Morgan fingerprint density at radius 1 is 0.422 bits per heavy atom. The molecule has 0 saturated carbocycles. The third-order valence-corrected chi connectivity index (χ3v) is 17.0. The van der Waals surface area contributed by atoms with Gasteiger partial charge in [-0.25, -0.2) is 4.99 Å². The van der Waals surface area contributed by atoms with Crippen LogP contribution in [0.15, 0.2) is 185 Å². The van der Waals surface area contributed by atoms with Crippen LogP contribution in [-0.2, 0) is 28.7 Å². The van der Waals surface area contributed by atoms with Gasteiger partial charge in [0.2, 0.25) is 0 Å². The van der Waals surface area contributed by atoms with E-state index in [2.05, 4.69) is 177 Å². The van der Waals surface area contributed by atoms with Crippen LogP contribution in [-0.4, -0.2) is 44.2 Å². The number of fused-ring (bicyclic) bond motifs is 6. The van der Waals surface area contributed by atoms with E-state index in [1.54, 1.807) is 7.11 Å². The molecule has 0 atom stereocenters. The molecule has 0 unspecified atom stereocenters. The zero-order chi connectivity index (χ0) is 57.3. The summed E-state index contributed by atoms with van der Waals surface area (Å²) >= 11 is 0. The highest BCUT2D eigenvalue weighted by Gasteiger charge is 2.27. The van der Waals surface area contributed by atoms with Crippen LogP contribution in [0.5, 0.6) is 5.75 Å². The van der Waals surface area contributed by atoms with Crippen molar-refractivity contribution < 1.29 is 14.2 Å². The Morgan fingerprint density at radius 2 is 0.928 bits per heavy atom. The molecule has 0 radical (unpaired) electrons. The van der Waals surface area contributed by atoms with Crippen LogP contribution in [0.3, 0.4) is 0 Å². The Bertz CT molecular complexity index is 3190.